The fourth-order valence-corrected chi connectivity index (χ4v) is 5.80. The highest BCUT2D eigenvalue weighted by Crippen LogP contribution is 2.25. The molecule has 3 aromatic carbocycles. The van der Waals surface area contributed by atoms with Gasteiger partial charge in [0.25, 0.3) is 0 Å². The summed E-state index contributed by atoms with van der Waals surface area (Å²) in [6.45, 7) is 7.17. The van der Waals surface area contributed by atoms with Crippen molar-refractivity contribution in [1.82, 2.24) is 10.2 Å². The highest BCUT2D eigenvalue weighted by molar-refractivity contribution is 9.10. The third kappa shape index (κ3) is 8.66. The van der Waals surface area contributed by atoms with Gasteiger partial charge in [-0.1, -0.05) is 76.1 Å². The molecular formula is C30H36BrN3O4S. The molecule has 0 aromatic heterocycles. The molecule has 0 spiro atoms. The number of rotatable bonds is 11. The van der Waals surface area contributed by atoms with Crippen molar-refractivity contribution >= 4 is 43.5 Å². The molecule has 1 N–H and O–H groups in total. The normalized spacial score (nSPS) is 12.2. The second kappa shape index (κ2) is 13.3. The Morgan fingerprint density at radius 3 is 2.18 bits per heavy atom. The van der Waals surface area contributed by atoms with Crippen molar-refractivity contribution in [2.75, 3.05) is 17.1 Å². The van der Waals surface area contributed by atoms with Crippen LogP contribution in [-0.4, -0.2) is 50.0 Å². The lowest BCUT2D eigenvalue weighted by molar-refractivity contribution is -0.140. The molecule has 0 fully saturated rings. The lowest BCUT2D eigenvalue weighted by Gasteiger charge is -2.34. The fourth-order valence-electron chi connectivity index (χ4n) is 4.45. The number of nitrogens with one attached hydrogen (secondary N) is 1. The molecule has 39 heavy (non-hydrogen) atoms. The first-order valence-electron chi connectivity index (χ1n) is 12.8. The number of benzene rings is 3. The summed E-state index contributed by atoms with van der Waals surface area (Å²) < 4.78 is 27.8. The summed E-state index contributed by atoms with van der Waals surface area (Å²) in [6, 6.07) is 21.4. The molecule has 0 aliphatic rings. The van der Waals surface area contributed by atoms with Crippen molar-refractivity contribution in [3.05, 3.63) is 99.5 Å². The van der Waals surface area contributed by atoms with Gasteiger partial charge in [0.15, 0.2) is 0 Å². The molecule has 0 heterocycles. The van der Waals surface area contributed by atoms with E-state index in [4.69, 9.17) is 0 Å². The molecule has 3 rings (SSSR count). The van der Waals surface area contributed by atoms with E-state index in [0.717, 1.165) is 37.3 Å². The Morgan fingerprint density at radius 2 is 1.59 bits per heavy atom. The Morgan fingerprint density at radius 1 is 0.923 bits per heavy atom. The lowest BCUT2D eigenvalue weighted by atomic mass is 10.0. The third-order valence-corrected chi connectivity index (χ3v) is 7.86. The molecule has 0 bridgehead atoms. The van der Waals surface area contributed by atoms with Crippen LogP contribution in [0.15, 0.2) is 77.3 Å². The van der Waals surface area contributed by atoms with E-state index in [2.05, 4.69) is 21.2 Å². The number of hydrogen-bond donors (Lipinski definition) is 1. The van der Waals surface area contributed by atoms with E-state index in [0.29, 0.717) is 5.69 Å². The first-order chi connectivity index (χ1) is 18.3. The van der Waals surface area contributed by atoms with Gasteiger partial charge >= 0.3 is 0 Å². The zero-order valence-corrected chi connectivity index (χ0v) is 25.4. The van der Waals surface area contributed by atoms with E-state index in [-0.39, 0.29) is 24.9 Å². The number of hydrogen-bond acceptors (Lipinski definition) is 4. The van der Waals surface area contributed by atoms with Gasteiger partial charge in [0.2, 0.25) is 21.8 Å². The summed E-state index contributed by atoms with van der Waals surface area (Å²) in [5.41, 5.74) is 3.86. The van der Waals surface area contributed by atoms with Crippen molar-refractivity contribution < 1.29 is 18.0 Å². The second-order valence-corrected chi connectivity index (χ2v) is 12.9. The summed E-state index contributed by atoms with van der Waals surface area (Å²) in [6.07, 6.45) is 1.37. The zero-order valence-electron chi connectivity index (χ0n) is 23.0. The van der Waals surface area contributed by atoms with E-state index in [1.165, 1.54) is 4.90 Å². The van der Waals surface area contributed by atoms with Crippen LogP contribution in [0.3, 0.4) is 0 Å². The van der Waals surface area contributed by atoms with E-state index in [1.807, 2.05) is 94.4 Å². The van der Waals surface area contributed by atoms with E-state index >= 15 is 0 Å². The number of sulfonamides is 1. The molecule has 1 unspecified atom stereocenters. The highest BCUT2D eigenvalue weighted by atomic mass is 79.9. The second-order valence-electron chi connectivity index (χ2n) is 10.1. The van der Waals surface area contributed by atoms with Crippen molar-refractivity contribution in [3.63, 3.8) is 0 Å². The van der Waals surface area contributed by atoms with Crippen LogP contribution < -0.4 is 9.62 Å². The Kier molecular flexibility index (Phi) is 10.3. The molecule has 208 valence electrons. The van der Waals surface area contributed by atoms with Gasteiger partial charge in [-0.2, -0.15) is 0 Å². The maximum atomic E-state index is 14.1. The summed E-state index contributed by atoms with van der Waals surface area (Å²) in [7, 11) is -3.81. The minimum Gasteiger partial charge on any atom is -0.352 e. The zero-order chi connectivity index (χ0) is 28.7. The smallest absolute Gasteiger partial charge is 0.244 e. The Labute approximate surface area is 240 Å². The average Bonchev–Trinajstić information content (AvgIpc) is 2.84. The van der Waals surface area contributed by atoms with E-state index in [1.54, 1.807) is 6.07 Å². The molecule has 0 aliphatic carbocycles. The number of carbonyl (C=O) groups is 2. The molecule has 0 saturated carbocycles. The maximum Gasteiger partial charge on any atom is 0.244 e. The number of nitrogens with zero attached hydrogens (tertiary/aromatic N) is 2. The van der Waals surface area contributed by atoms with Crippen LogP contribution in [0.4, 0.5) is 5.69 Å². The molecule has 0 radical (unpaired) electrons. The molecule has 2 amide bonds. The van der Waals surface area contributed by atoms with Crippen LogP contribution in [0.25, 0.3) is 0 Å². The summed E-state index contributed by atoms with van der Waals surface area (Å²) >= 11 is 3.48. The van der Waals surface area contributed by atoms with Crippen LogP contribution in [0.2, 0.25) is 0 Å². The lowest BCUT2D eigenvalue weighted by Crippen LogP contribution is -2.54. The van der Waals surface area contributed by atoms with Gasteiger partial charge < -0.3 is 10.2 Å². The number of halogens is 1. The molecule has 9 heteroatoms. The Bertz CT molecular complexity index is 1410. The predicted molar refractivity (Wildman–Crippen MR) is 160 cm³/mol. The molecule has 1 atom stereocenters. The van der Waals surface area contributed by atoms with Gasteiger partial charge in [-0.15, -0.1) is 0 Å². The van der Waals surface area contributed by atoms with E-state index < -0.39 is 28.5 Å². The number of carbonyl (C=O) groups excluding carboxylic acids is 2. The number of amides is 2. The first-order valence-corrected chi connectivity index (χ1v) is 15.4. The van der Waals surface area contributed by atoms with Crippen LogP contribution in [0.5, 0.6) is 0 Å². The first kappa shape index (κ1) is 30.4. The average molecular weight is 615 g/mol. The fraction of sp³-hybridized carbons (Fsp3) is 0.333. The molecular weight excluding hydrogens is 578 g/mol. The van der Waals surface area contributed by atoms with Crippen LogP contribution >= 0.6 is 15.9 Å². The van der Waals surface area contributed by atoms with Crippen LogP contribution in [-0.2, 0) is 32.6 Å². The largest absolute Gasteiger partial charge is 0.352 e. The standard InChI is InChI=1S/C30H36BrN3O4S/c1-21(2)32-30(36)28(18-24-10-7-6-8-11-24)33(19-25-12-9-13-26(31)17-25)29(35)20-34(39(5,37)38)27-15-14-22(3)16-23(27)4/h6-17,21,28H,18-20H2,1-5H3,(H,32,36). The molecule has 3 aromatic rings. The van der Waals surface area contributed by atoms with Gasteiger partial charge in [-0.25, -0.2) is 8.42 Å². The summed E-state index contributed by atoms with van der Waals surface area (Å²) in [4.78, 5) is 29.1. The Balaban J connectivity index is 2.07. The Hall–Kier alpha value is -3.17. The predicted octanol–water partition coefficient (Wildman–Crippen LogP) is 5.00. The van der Waals surface area contributed by atoms with Crippen molar-refractivity contribution in [2.45, 2.75) is 52.7 Å². The minimum absolute atomic E-state index is 0.131. The van der Waals surface area contributed by atoms with Gasteiger partial charge in [-0.05, 0) is 62.6 Å². The molecule has 7 nitrogen and oxygen atoms in total. The highest BCUT2D eigenvalue weighted by Gasteiger charge is 2.33. The van der Waals surface area contributed by atoms with Crippen LogP contribution in [0.1, 0.15) is 36.1 Å². The molecule has 0 saturated heterocycles. The summed E-state index contributed by atoms with van der Waals surface area (Å²) in [5, 5.41) is 2.95. The third-order valence-electron chi connectivity index (χ3n) is 6.24. The van der Waals surface area contributed by atoms with E-state index in [9.17, 15) is 18.0 Å². The SMILES string of the molecule is Cc1ccc(N(CC(=O)N(Cc2cccc(Br)c2)C(Cc2ccccc2)C(=O)NC(C)C)S(C)(=O)=O)c(C)c1. The quantitative estimate of drug-likeness (QED) is 0.330. The van der Waals surface area contributed by atoms with Gasteiger partial charge in [0.05, 0.1) is 11.9 Å². The number of anilines is 1. The molecule has 0 aliphatic heterocycles. The van der Waals surface area contributed by atoms with Crippen molar-refractivity contribution in [2.24, 2.45) is 0 Å². The number of aryl methyl sites for hydroxylation is 2. The topological polar surface area (TPSA) is 86.8 Å². The van der Waals surface area contributed by atoms with Gasteiger partial charge in [0, 0.05) is 23.5 Å². The van der Waals surface area contributed by atoms with Gasteiger partial charge in [-0.3, -0.25) is 13.9 Å². The van der Waals surface area contributed by atoms with Crippen molar-refractivity contribution in [3.8, 4) is 0 Å². The van der Waals surface area contributed by atoms with Crippen LogP contribution in [0, 0.1) is 13.8 Å². The summed E-state index contributed by atoms with van der Waals surface area (Å²) in [5.74, 6) is -0.769. The monoisotopic (exact) mass is 613 g/mol. The van der Waals surface area contributed by atoms with Gasteiger partial charge in [0.1, 0.15) is 12.6 Å². The van der Waals surface area contributed by atoms with Crippen molar-refractivity contribution in [1.29, 1.82) is 0 Å². The minimum atomic E-state index is -3.81. The maximum absolute atomic E-state index is 14.1.